The van der Waals surface area contributed by atoms with Crippen molar-refractivity contribution in [2.24, 2.45) is 5.84 Å². The lowest BCUT2D eigenvalue weighted by Gasteiger charge is -2.32. The van der Waals surface area contributed by atoms with Crippen LogP contribution in [0.15, 0.2) is 0 Å². The number of hydrogen-bond acceptors (Lipinski definition) is 3. The largest absolute Gasteiger partial charge is 0.374 e. The summed E-state index contributed by atoms with van der Waals surface area (Å²) in [4.78, 5) is 0. The Kier molecular flexibility index (Phi) is 5.58. The minimum Gasteiger partial charge on any atom is -0.374 e. The summed E-state index contributed by atoms with van der Waals surface area (Å²) in [5.74, 6) is 5.62. The predicted molar refractivity (Wildman–Crippen MR) is 63.5 cm³/mol. The molecule has 1 aliphatic rings. The van der Waals surface area contributed by atoms with E-state index in [4.69, 9.17) is 10.6 Å². The molecule has 1 aliphatic heterocycles. The van der Waals surface area contributed by atoms with Crippen molar-refractivity contribution in [1.82, 2.24) is 5.43 Å². The maximum absolute atomic E-state index is 5.81. The van der Waals surface area contributed by atoms with Gasteiger partial charge in [-0.15, -0.1) is 0 Å². The minimum absolute atomic E-state index is 0.0268. The average Bonchev–Trinajstić information content (AvgIpc) is 2.66. The predicted octanol–water partition coefficient (Wildman–Crippen LogP) is 2.36. The van der Waals surface area contributed by atoms with Gasteiger partial charge in [0.25, 0.3) is 0 Å². The molecule has 3 heteroatoms. The lowest BCUT2D eigenvalue weighted by atomic mass is 9.89. The Morgan fingerprint density at radius 2 is 2.20 bits per heavy atom. The number of hydrogen-bond donors (Lipinski definition) is 2. The maximum atomic E-state index is 5.81. The van der Waals surface area contributed by atoms with E-state index >= 15 is 0 Å². The van der Waals surface area contributed by atoms with Gasteiger partial charge in [-0.1, -0.05) is 32.6 Å². The summed E-state index contributed by atoms with van der Waals surface area (Å²) in [6.07, 6.45) is 8.61. The lowest BCUT2D eigenvalue weighted by molar-refractivity contribution is -0.0145. The Morgan fingerprint density at radius 3 is 2.73 bits per heavy atom. The highest BCUT2D eigenvalue weighted by molar-refractivity contribution is 4.91. The zero-order valence-electron chi connectivity index (χ0n) is 10.2. The first-order valence-corrected chi connectivity index (χ1v) is 6.33. The second kappa shape index (κ2) is 6.46. The molecule has 15 heavy (non-hydrogen) atoms. The van der Waals surface area contributed by atoms with Crippen molar-refractivity contribution in [3.8, 4) is 0 Å². The fraction of sp³-hybridized carbons (Fsp3) is 1.00. The molecule has 0 bridgehead atoms. The molecule has 0 saturated carbocycles. The molecule has 3 N–H and O–H groups in total. The number of nitrogens with two attached hydrogens (primary N) is 1. The second-order valence-electron chi connectivity index (χ2n) is 4.83. The van der Waals surface area contributed by atoms with E-state index in [0.29, 0.717) is 6.04 Å². The summed E-state index contributed by atoms with van der Waals surface area (Å²) >= 11 is 0. The Labute approximate surface area is 93.7 Å². The van der Waals surface area contributed by atoms with E-state index in [9.17, 15) is 0 Å². The van der Waals surface area contributed by atoms with Gasteiger partial charge in [-0.3, -0.25) is 11.3 Å². The van der Waals surface area contributed by atoms with Gasteiger partial charge in [0.15, 0.2) is 0 Å². The van der Waals surface area contributed by atoms with Gasteiger partial charge in [-0.05, 0) is 26.2 Å². The first-order chi connectivity index (χ1) is 7.23. The lowest BCUT2D eigenvalue weighted by Crippen LogP contribution is -2.51. The van der Waals surface area contributed by atoms with Crippen LogP contribution in [-0.2, 0) is 4.74 Å². The van der Waals surface area contributed by atoms with E-state index in [0.717, 1.165) is 19.4 Å². The van der Waals surface area contributed by atoms with Crippen LogP contribution >= 0.6 is 0 Å². The first-order valence-electron chi connectivity index (χ1n) is 6.33. The number of nitrogens with one attached hydrogen (secondary N) is 1. The number of hydrazine groups is 1. The van der Waals surface area contributed by atoms with Gasteiger partial charge in [-0.2, -0.15) is 0 Å². The molecule has 0 spiro atoms. The number of unbranched alkanes of at least 4 members (excludes halogenated alkanes) is 3. The Balaban J connectivity index is 2.28. The first kappa shape index (κ1) is 12.9. The van der Waals surface area contributed by atoms with E-state index in [-0.39, 0.29) is 5.60 Å². The van der Waals surface area contributed by atoms with E-state index in [1.807, 2.05) is 0 Å². The van der Waals surface area contributed by atoms with Gasteiger partial charge in [0, 0.05) is 12.6 Å². The zero-order chi connectivity index (χ0) is 11.1. The van der Waals surface area contributed by atoms with Crippen molar-refractivity contribution in [2.75, 3.05) is 6.61 Å². The van der Waals surface area contributed by atoms with Gasteiger partial charge in [0.2, 0.25) is 0 Å². The van der Waals surface area contributed by atoms with Crippen molar-refractivity contribution in [2.45, 2.75) is 70.4 Å². The third-order valence-electron chi connectivity index (χ3n) is 3.53. The molecule has 0 aromatic carbocycles. The molecule has 2 unspecified atom stereocenters. The fourth-order valence-electron chi connectivity index (χ4n) is 2.42. The highest BCUT2D eigenvalue weighted by Crippen LogP contribution is 2.30. The number of rotatable bonds is 7. The fourth-order valence-corrected chi connectivity index (χ4v) is 2.42. The van der Waals surface area contributed by atoms with Crippen LogP contribution in [0.1, 0.15) is 58.8 Å². The summed E-state index contributed by atoms with van der Waals surface area (Å²) in [5.41, 5.74) is 2.91. The van der Waals surface area contributed by atoms with E-state index in [1.165, 1.54) is 32.1 Å². The van der Waals surface area contributed by atoms with Crippen molar-refractivity contribution >= 4 is 0 Å². The summed E-state index contributed by atoms with van der Waals surface area (Å²) in [6.45, 7) is 5.31. The zero-order valence-corrected chi connectivity index (χ0v) is 10.2. The van der Waals surface area contributed by atoms with Gasteiger partial charge < -0.3 is 4.74 Å². The van der Waals surface area contributed by atoms with Crippen LogP contribution in [0.5, 0.6) is 0 Å². The van der Waals surface area contributed by atoms with Crippen LogP contribution in [0.25, 0.3) is 0 Å². The van der Waals surface area contributed by atoms with Crippen molar-refractivity contribution in [3.05, 3.63) is 0 Å². The van der Waals surface area contributed by atoms with E-state index in [2.05, 4.69) is 19.3 Å². The molecule has 1 rings (SSSR count). The molecule has 3 nitrogen and oxygen atoms in total. The highest BCUT2D eigenvalue weighted by atomic mass is 16.5. The van der Waals surface area contributed by atoms with E-state index in [1.54, 1.807) is 0 Å². The van der Waals surface area contributed by atoms with Crippen LogP contribution in [0, 0.1) is 0 Å². The SMILES string of the molecule is CCCCCCC(NN)C1(C)CCCO1. The normalized spacial score (nSPS) is 28.2. The van der Waals surface area contributed by atoms with Crippen LogP contribution in [0.4, 0.5) is 0 Å². The molecule has 90 valence electrons. The molecule has 0 aliphatic carbocycles. The standard InChI is InChI=1S/C12H26N2O/c1-3-4-5-6-8-11(14-13)12(2)9-7-10-15-12/h11,14H,3-10,13H2,1-2H3. The molecule has 1 heterocycles. The molecule has 0 aromatic heterocycles. The third-order valence-corrected chi connectivity index (χ3v) is 3.53. The van der Waals surface area contributed by atoms with Crippen molar-refractivity contribution < 1.29 is 4.74 Å². The summed E-state index contributed by atoms with van der Waals surface area (Å²) in [5, 5.41) is 0. The molecule has 1 fully saturated rings. The molecular formula is C12H26N2O. The molecular weight excluding hydrogens is 188 g/mol. The summed E-state index contributed by atoms with van der Waals surface area (Å²) in [7, 11) is 0. The van der Waals surface area contributed by atoms with Gasteiger partial charge >= 0.3 is 0 Å². The van der Waals surface area contributed by atoms with Gasteiger partial charge in [0.1, 0.15) is 0 Å². The van der Waals surface area contributed by atoms with Crippen LogP contribution < -0.4 is 11.3 Å². The monoisotopic (exact) mass is 214 g/mol. The molecule has 2 atom stereocenters. The second-order valence-corrected chi connectivity index (χ2v) is 4.83. The van der Waals surface area contributed by atoms with Crippen molar-refractivity contribution in [3.63, 3.8) is 0 Å². The molecule has 0 aromatic rings. The van der Waals surface area contributed by atoms with E-state index < -0.39 is 0 Å². The quantitative estimate of drug-likeness (QED) is 0.388. The minimum atomic E-state index is -0.0268. The average molecular weight is 214 g/mol. The Hall–Kier alpha value is -0.120. The summed E-state index contributed by atoms with van der Waals surface area (Å²) < 4.78 is 5.81. The van der Waals surface area contributed by atoms with Crippen LogP contribution in [-0.4, -0.2) is 18.2 Å². The maximum Gasteiger partial charge on any atom is 0.0821 e. The third kappa shape index (κ3) is 3.74. The smallest absolute Gasteiger partial charge is 0.0821 e. The Morgan fingerprint density at radius 1 is 1.40 bits per heavy atom. The Bertz CT molecular complexity index is 167. The highest BCUT2D eigenvalue weighted by Gasteiger charge is 2.37. The van der Waals surface area contributed by atoms with Crippen LogP contribution in [0.2, 0.25) is 0 Å². The van der Waals surface area contributed by atoms with Crippen LogP contribution in [0.3, 0.4) is 0 Å². The number of ether oxygens (including phenoxy) is 1. The molecule has 0 amide bonds. The topological polar surface area (TPSA) is 47.3 Å². The molecule has 0 radical (unpaired) electrons. The van der Waals surface area contributed by atoms with Gasteiger partial charge in [-0.25, -0.2) is 0 Å². The summed E-state index contributed by atoms with van der Waals surface area (Å²) in [6, 6.07) is 0.317. The van der Waals surface area contributed by atoms with Gasteiger partial charge in [0.05, 0.1) is 5.60 Å². The molecule has 1 saturated heterocycles. The van der Waals surface area contributed by atoms with Crippen molar-refractivity contribution in [1.29, 1.82) is 0 Å².